The Kier molecular flexibility index (Phi) is 6.37. The first kappa shape index (κ1) is 31.2. The highest BCUT2D eigenvalue weighted by atomic mass is 16.3. The minimum atomic E-state index is -0.128. The Morgan fingerprint density at radius 2 is 1.12 bits per heavy atom. The first-order valence-electron chi connectivity index (χ1n) is 19.3. The molecule has 3 heterocycles. The lowest BCUT2D eigenvalue weighted by Crippen LogP contribution is -2.16. The van der Waals surface area contributed by atoms with Gasteiger partial charge >= 0.3 is 0 Å². The lowest BCUT2D eigenvalue weighted by Gasteiger charge is -2.28. The number of para-hydroxylation sites is 1. The van der Waals surface area contributed by atoms with E-state index in [9.17, 15) is 0 Å². The number of nitrogens with zero attached hydrogens (tertiary/aromatic N) is 3. The molecule has 4 heteroatoms. The molecule has 8 aromatic carbocycles. The Labute approximate surface area is 323 Å². The lowest BCUT2D eigenvalue weighted by molar-refractivity contribution is 0.623. The second-order valence-corrected chi connectivity index (χ2v) is 15.6. The van der Waals surface area contributed by atoms with E-state index >= 15 is 0 Å². The number of hydrogen-bond donors (Lipinski definition) is 0. The van der Waals surface area contributed by atoms with E-state index in [1.807, 2.05) is 18.2 Å². The third kappa shape index (κ3) is 4.32. The molecule has 0 spiro atoms. The molecule has 11 aromatic rings. The Hall–Kier alpha value is -7.17. The van der Waals surface area contributed by atoms with E-state index in [1.54, 1.807) is 0 Å². The van der Waals surface area contributed by atoms with Crippen molar-refractivity contribution in [2.24, 2.45) is 0 Å². The monoisotopic (exact) mass is 717 g/mol. The average Bonchev–Trinajstić information content (AvgIpc) is 3.98. The van der Waals surface area contributed by atoms with Gasteiger partial charge in [0.1, 0.15) is 5.52 Å². The zero-order valence-electron chi connectivity index (χ0n) is 31.0. The molecule has 0 fully saturated rings. The van der Waals surface area contributed by atoms with Crippen molar-refractivity contribution >= 4 is 66.3 Å². The summed E-state index contributed by atoms with van der Waals surface area (Å²) in [5, 5.41) is 4.62. The van der Waals surface area contributed by atoms with Crippen molar-refractivity contribution in [3.8, 4) is 33.7 Å². The van der Waals surface area contributed by atoms with Crippen LogP contribution in [0.2, 0.25) is 0 Å². The summed E-state index contributed by atoms with van der Waals surface area (Å²) in [5.41, 5.74) is 17.0. The smallest absolute Gasteiger partial charge is 0.227 e. The van der Waals surface area contributed by atoms with E-state index < -0.39 is 0 Å². The normalized spacial score (nSPS) is 13.3. The topological polar surface area (TPSA) is 33.7 Å². The van der Waals surface area contributed by atoms with Crippen LogP contribution in [0.3, 0.4) is 0 Å². The van der Waals surface area contributed by atoms with Crippen LogP contribution in [0.5, 0.6) is 0 Å². The summed E-state index contributed by atoms with van der Waals surface area (Å²) in [6, 6.07) is 63.4. The molecule has 4 nitrogen and oxygen atoms in total. The van der Waals surface area contributed by atoms with Crippen LogP contribution in [0.15, 0.2) is 180 Å². The third-order valence-electron chi connectivity index (χ3n) is 12.1. The van der Waals surface area contributed by atoms with Crippen LogP contribution in [-0.4, -0.2) is 9.38 Å². The van der Waals surface area contributed by atoms with Gasteiger partial charge in [0.2, 0.25) is 5.89 Å². The standard InChI is InChI=1S/C52H35N3O/c1-52(2)43-19-11-9-17-38(43)39-27-25-37(30-44(39)52)54(35-23-21-33(22-24-35)32-13-5-3-6-14-32)36-26-28-47-42(29-36)48-49-41(40-18-10-12-20-46(40)55(47)49)31-45-50(48)56-51(53-45)34-15-7-4-8-16-34/h3-31H,1-2H3. The quantitative estimate of drug-likeness (QED) is 0.178. The molecule has 0 radical (unpaired) electrons. The number of benzene rings is 8. The van der Waals surface area contributed by atoms with Crippen LogP contribution in [0, 0.1) is 0 Å². The molecule has 3 aromatic heterocycles. The van der Waals surface area contributed by atoms with Gasteiger partial charge in [0.25, 0.3) is 0 Å². The molecule has 0 saturated carbocycles. The maximum Gasteiger partial charge on any atom is 0.227 e. The minimum absolute atomic E-state index is 0.128. The van der Waals surface area contributed by atoms with Gasteiger partial charge in [-0.25, -0.2) is 4.98 Å². The predicted octanol–water partition coefficient (Wildman–Crippen LogP) is 14.1. The SMILES string of the molecule is CC1(C)c2ccccc2-c2ccc(N(c3ccc(-c4ccccc4)cc3)c3ccc4c(c3)c3c5oc(-c6ccccc6)nc5cc5c6ccccc6n4c53)cc21. The van der Waals surface area contributed by atoms with Crippen molar-refractivity contribution in [1.82, 2.24) is 9.38 Å². The molecular weight excluding hydrogens is 683 g/mol. The van der Waals surface area contributed by atoms with E-state index in [-0.39, 0.29) is 5.41 Å². The van der Waals surface area contributed by atoms with Gasteiger partial charge in [-0.15, -0.1) is 0 Å². The van der Waals surface area contributed by atoms with Crippen molar-refractivity contribution < 1.29 is 4.42 Å². The first-order chi connectivity index (χ1) is 27.5. The Morgan fingerprint density at radius 1 is 0.500 bits per heavy atom. The van der Waals surface area contributed by atoms with Crippen LogP contribution in [-0.2, 0) is 5.41 Å². The van der Waals surface area contributed by atoms with Crippen LogP contribution >= 0.6 is 0 Å². The van der Waals surface area contributed by atoms with Crippen molar-refractivity contribution in [2.75, 3.05) is 4.90 Å². The summed E-state index contributed by atoms with van der Waals surface area (Å²) in [5.74, 6) is 0.631. The number of fused-ring (bicyclic) bond motifs is 11. The molecule has 12 rings (SSSR count). The molecule has 0 unspecified atom stereocenters. The van der Waals surface area contributed by atoms with E-state index in [4.69, 9.17) is 9.40 Å². The molecular formula is C52H35N3O. The Balaban J connectivity index is 1.12. The zero-order valence-corrected chi connectivity index (χ0v) is 31.0. The summed E-state index contributed by atoms with van der Waals surface area (Å²) in [7, 11) is 0. The Morgan fingerprint density at radius 3 is 1.95 bits per heavy atom. The summed E-state index contributed by atoms with van der Waals surface area (Å²) >= 11 is 0. The molecule has 1 aliphatic rings. The second kappa shape index (κ2) is 11.4. The van der Waals surface area contributed by atoms with Gasteiger partial charge in [0.05, 0.1) is 21.9 Å². The van der Waals surface area contributed by atoms with Gasteiger partial charge in [-0.05, 0) is 100 Å². The fourth-order valence-corrected chi connectivity index (χ4v) is 9.49. The molecule has 0 saturated heterocycles. The van der Waals surface area contributed by atoms with Gasteiger partial charge in [-0.2, -0.15) is 0 Å². The zero-order chi connectivity index (χ0) is 37.1. The van der Waals surface area contributed by atoms with E-state index in [0.717, 1.165) is 55.5 Å². The van der Waals surface area contributed by atoms with E-state index in [0.29, 0.717) is 5.89 Å². The van der Waals surface area contributed by atoms with Gasteiger partial charge in [0, 0.05) is 44.2 Å². The molecule has 56 heavy (non-hydrogen) atoms. The molecule has 0 amide bonds. The lowest BCUT2D eigenvalue weighted by atomic mass is 9.82. The summed E-state index contributed by atoms with van der Waals surface area (Å²) in [6.45, 7) is 4.70. The number of hydrogen-bond acceptors (Lipinski definition) is 3. The van der Waals surface area contributed by atoms with Gasteiger partial charge < -0.3 is 13.7 Å². The summed E-state index contributed by atoms with van der Waals surface area (Å²) < 4.78 is 9.18. The van der Waals surface area contributed by atoms with Crippen molar-refractivity contribution in [2.45, 2.75) is 19.3 Å². The average molecular weight is 718 g/mol. The van der Waals surface area contributed by atoms with Gasteiger partial charge in [-0.3, -0.25) is 0 Å². The molecule has 1 aliphatic carbocycles. The van der Waals surface area contributed by atoms with Crippen LogP contribution in [0.25, 0.3) is 82.9 Å². The number of rotatable bonds is 5. The predicted molar refractivity (Wildman–Crippen MR) is 232 cm³/mol. The molecule has 0 atom stereocenters. The highest BCUT2D eigenvalue weighted by molar-refractivity contribution is 6.30. The maximum atomic E-state index is 6.76. The molecule has 264 valence electrons. The van der Waals surface area contributed by atoms with Crippen LogP contribution in [0.4, 0.5) is 17.1 Å². The largest absolute Gasteiger partial charge is 0.435 e. The first-order valence-corrected chi connectivity index (χ1v) is 19.3. The highest BCUT2D eigenvalue weighted by Gasteiger charge is 2.36. The van der Waals surface area contributed by atoms with E-state index in [1.165, 1.54) is 49.7 Å². The van der Waals surface area contributed by atoms with Crippen molar-refractivity contribution in [1.29, 1.82) is 0 Å². The van der Waals surface area contributed by atoms with Crippen molar-refractivity contribution in [3.63, 3.8) is 0 Å². The third-order valence-corrected chi connectivity index (χ3v) is 12.1. The fraction of sp³-hybridized carbons (Fsp3) is 0.0577. The van der Waals surface area contributed by atoms with Crippen LogP contribution in [0.1, 0.15) is 25.0 Å². The molecule has 0 N–H and O–H groups in total. The van der Waals surface area contributed by atoms with Crippen molar-refractivity contribution in [3.05, 3.63) is 187 Å². The number of oxazole rings is 1. The van der Waals surface area contributed by atoms with Crippen LogP contribution < -0.4 is 4.90 Å². The van der Waals surface area contributed by atoms with E-state index in [2.05, 4.69) is 181 Å². The summed E-state index contributed by atoms with van der Waals surface area (Å²) in [6.07, 6.45) is 0. The second-order valence-electron chi connectivity index (χ2n) is 15.6. The highest BCUT2D eigenvalue weighted by Crippen LogP contribution is 2.51. The minimum Gasteiger partial charge on any atom is -0.435 e. The number of anilines is 3. The van der Waals surface area contributed by atoms with Gasteiger partial charge in [0.15, 0.2) is 5.58 Å². The summed E-state index contributed by atoms with van der Waals surface area (Å²) in [4.78, 5) is 7.50. The van der Waals surface area contributed by atoms with Gasteiger partial charge in [-0.1, -0.05) is 123 Å². The Bertz CT molecular complexity index is 3320. The number of aromatic nitrogens is 2. The maximum absolute atomic E-state index is 6.76. The molecule has 0 bridgehead atoms. The molecule has 0 aliphatic heterocycles. The fourth-order valence-electron chi connectivity index (χ4n) is 9.49.